The van der Waals surface area contributed by atoms with E-state index >= 15 is 0 Å². The molecule has 0 saturated carbocycles. The zero-order valence-electron chi connectivity index (χ0n) is 14.0. The second-order valence-corrected chi connectivity index (χ2v) is 7.78. The first kappa shape index (κ1) is 17.7. The molecule has 0 bridgehead atoms. The summed E-state index contributed by atoms with van der Waals surface area (Å²) in [6.45, 7) is 8.65. The molecule has 2 rings (SSSR count). The standard InChI is InChI=1S/C14H22N6OS2/c1-6-7-15-13-17-18-14(23-13)22-10(4)12(21)16-11-8(2)19-20(5)9(11)3/h10H,6-7H2,1-5H3,(H,15,17)(H,16,21)/t10-/m0/s1. The number of carbonyl (C=O) groups is 1. The number of aryl methyl sites for hydroxylation is 2. The minimum absolute atomic E-state index is 0.0625. The van der Waals surface area contributed by atoms with Crippen molar-refractivity contribution in [1.82, 2.24) is 20.0 Å². The monoisotopic (exact) mass is 354 g/mol. The molecular formula is C14H22N6OS2. The number of anilines is 2. The van der Waals surface area contributed by atoms with Gasteiger partial charge in [0.2, 0.25) is 11.0 Å². The summed E-state index contributed by atoms with van der Waals surface area (Å²) >= 11 is 2.88. The smallest absolute Gasteiger partial charge is 0.237 e. The lowest BCUT2D eigenvalue weighted by molar-refractivity contribution is -0.115. The minimum atomic E-state index is -0.263. The molecule has 0 spiro atoms. The molecule has 126 valence electrons. The van der Waals surface area contributed by atoms with Gasteiger partial charge in [-0.2, -0.15) is 5.10 Å². The van der Waals surface area contributed by atoms with Crippen LogP contribution in [0.5, 0.6) is 0 Å². The van der Waals surface area contributed by atoms with Gasteiger partial charge in [0.25, 0.3) is 0 Å². The maximum atomic E-state index is 12.4. The van der Waals surface area contributed by atoms with Crippen molar-refractivity contribution < 1.29 is 4.79 Å². The average molecular weight is 355 g/mol. The van der Waals surface area contributed by atoms with Crippen molar-refractivity contribution >= 4 is 39.8 Å². The second-order valence-electron chi connectivity index (χ2n) is 5.22. The predicted octanol–water partition coefficient (Wildman–Crippen LogP) is 2.83. The number of carbonyl (C=O) groups excluding carboxylic acids is 1. The summed E-state index contributed by atoms with van der Waals surface area (Å²) in [6.07, 6.45) is 1.03. The van der Waals surface area contributed by atoms with Crippen LogP contribution in [0.25, 0.3) is 0 Å². The van der Waals surface area contributed by atoms with Gasteiger partial charge in [-0.25, -0.2) is 0 Å². The number of nitrogens with one attached hydrogen (secondary N) is 2. The zero-order chi connectivity index (χ0) is 17.0. The van der Waals surface area contributed by atoms with Crippen LogP contribution in [-0.2, 0) is 11.8 Å². The Bertz CT molecular complexity index is 681. The summed E-state index contributed by atoms with van der Waals surface area (Å²) in [5, 5.41) is 19.2. The summed E-state index contributed by atoms with van der Waals surface area (Å²) in [4.78, 5) is 12.4. The molecule has 2 heterocycles. The highest BCUT2D eigenvalue weighted by Crippen LogP contribution is 2.30. The van der Waals surface area contributed by atoms with Crippen LogP contribution in [-0.4, -0.2) is 37.7 Å². The molecule has 2 aromatic heterocycles. The minimum Gasteiger partial charge on any atom is -0.360 e. The quantitative estimate of drug-likeness (QED) is 0.744. The van der Waals surface area contributed by atoms with Gasteiger partial charge in [-0.3, -0.25) is 9.48 Å². The molecule has 1 amide bonds. The summed E-state index contributed by atoms with van der Waals surface area (Å²) in [7, 11) is 1.86. The Morgan fingerprint density at radius 3 is 2.74 bits per heavy atom. The van der Waals surface area contributed by atoms with Crippen LogP contribution in [0.1, 0.15) is 31.7 Å². The van der Waals surface area contributed by atoms with E-state index in [1.54, 1.807) is 4.68 Å². The van der Waals surface area contributed by atoms with E-state index in [1.165, 1.54) is 23.1 Å². The van der Waals surface area contributed by atoms with Crippen molar-refractivity contribution in [3.8, 4) is 0 Å². The molecule has 0 aromatic carbocycles. The van der Waals surface area contributed by atoms with E-state index in [0.717, 1.165) is 39.5 Å². The summed E-state index contributed by atoms with van der Waals surface area (Å²) in [5.74, 6) is -0.0625. The lowest BCUT2D eigenvalue weighted by Crippen LogP contribution is -2.23. The molecular weight excluding hydrogens is 332 g/mol. The van der Waals surface area contributed by atoms with Crippen molar-refractivity contribution in [1.29, 1.82) is 0 Å². The third-order valence-corrected chi connectivity index (χ3v) is 5.40. The second kappa shape index (κ2) is 7.78. The van der Waals surface area contributed by atoms with E-state index in [2.05, 4.69) is 32.9 Å². The maximum Gasteiger partial charge on any atom is 0.237 e. The first-order chi connectivity index (χ1) is 10.9. The summed E-state index contributed by atoms with van der Waals surface area (Å²) in [5.41, 5.74) is 2.54. The number of aromatic nitrogens is 4. The van der Waals surface area contributed by atoms with E-state index in [0.29, 0.717) is 0 Å². The fraction of sp³-hybridized carbons (Fsp3) is 0.571. The number of amides is 1. The number of hydrogen-bond donors (Lipinski definition) is 2. The van der Waals surface area contributed by atoms with Crippen LogP contribution in [0.4, 0.5) is 10.8 Å². The van der Waals surface area contributed by atoms with Gasteiger partial charge in [0, 0.05) is 13.6 Å². The van der Waals surface area contributed by atoms with E-state index in [1.807, 2.05) is 27.8 Å². The van der Waals surface area contributed by atoms with Crippen molar-refractivity contribution in [3.05, 3.63) is 11.4 Å². The number of hydrogen-bond acceptors (Lipinski definition) is 7. The lowest BCUT2D eigenvalue weighted by Gasteiger charge is -2.10. The lowest BCUT2D eigenvalue weighted by atomic mass is 10.3. The van der Waals surface area contributed by atoms with Crippen molar-refractivity contribution in [2.75, 3.05) is 17.2 Å². The Morgan fingerprint density at radius 1 is 1.39 bits per heavy atom. The highest BCUT2D eigenvalue weighted by molar-refractivity contribution is 8.02. The maximum absolute atomic E-state index is 12.4. The van der Waals surface area contributed by atoms with Crippen molar-refractivity contribution in [2.45, 2.75) is 43.7 Å². The molecule has 7 nitrogen and oxygen atoms in total. The Morgan fingerprint density at radius 2 is 2.13 bits per heavy atom. The molecule has 0 aliphatic heterocycles. The third-order valence-electron chi connectivity index (χ3n) is 3.34. The first-order valence-corrected chi connectivity index (χ1v) is 9.17. The van der Waals surface area contributed by atoms with Gasteiger partial charge in [0.05, 0.1) is 22.3 Å². The normalized spacial score (nSPS) is 12.2. The molecule has 0 fully saturated rings. The first-order valence-electron chi connectivity index (χ1n) is 7.47. The Balaban J connectivity index is 1.96. The van der Waals surface area contributed by atoms with E-state index in [4.69, 9.17) is 0 Å². The largest absolute Gasteiger partial charge is 0.360 e. The van der Waals surface area contributed by atoms with Crippen LogP contribution in [0, 0.1) is 13.8 Å². The Labute approximate surface area is 144 Å². The number of rotatable bonds is 7. The number of nitrogens with zero attached hydrogens (tertiary/aromatic N) is 4. The van der Waals surface area contributed by atoms with Crippen LogP contribution in [0.15, 0.2) is 4.34 Å². The molecule has 0 aliphatic rings. The van der Waals surface area contributed by atoms with Gasteiger partial charge in [0.15, 0.2) is 4.34 Å². The van der Waals surface area contributed by atoms with Crippen LogP contribution < -0.4 is 10.6 Å². The molecule has 0 aliphatic carbocycles. The third kappa shape index (κ3) is 4.44. The van der Waals surface area contributed by atoms with Gasteiger partial charge in [-0.05, 0) is 27.2 Å². The fourth-order valence-electron chi connectivity index (χ4n) is 1.94. The van der Waals surface area contributed by atoms with Gasteiger partial charge >= 0.3 is 0 Å². The molecule has 0 saturated heterocycles. The Kier molecular flexibility index (Phi) is 6.00. The average Bonchev–Trinajstić information content (AvgIpc) is 3.05. The molecule has 2 aromatic rings. The van der Waals surface area contributed by atoms with Gasteiger partial charge in [0.1, 0.15) is 0 Å². The van der Waals surface area contributed by atoms with Gasteiger partial charge in [-0.1, -0.05) is 30.0 Å². The van der Waals surface area contributed by atoms with Crippen LogP contribution >= 0.6 is 23.1 Å². The molecule has 2 N–H and O–H groups in total. The molecule has 0 unspecified atom stereocenters. The molecule has 23 heavy (non-hydrogen) atoms. The van der Waals surface area contributed by atoms with Crippen LogP contribution in [0.3, 0.4) is 0 Å². The Hall–Kier alpha value is -1.61. The van der Waals surface area contributed by atoms with E-state index in [-0.39, 0.29) is 11.2 Å². The summed E-state index contributed by atoms with van der Waals surface area (Å²) in [6, 6.07) is 0. The van der Waals surface area contributed by atoms with Gasteiger partial charge < -0.3 is 10.6 Å². The fourth-order valence-corrected chi connectivity index (χ4v) is 3.87. The summed E-state index contributed by atoms with van der Waals surface area (Å²) < 4.78 is 2.55. The predicted molar refractivity (Wildman–Crippen MR) is 95.3 cm³/mol. The highest BCUT2D eigenvalue weighted by Gasteiger charge is 2.20. The van der Waals surface area contributed by atoms with E-state index < -0.39 is 0 Å². The topological polar surface area (TPSA) is 84.7 Å². The molecule has 9 heteroatoms. The SMILES string of the molecule is CCCNc1nnc(S[C@@H](C)C(=O)Nc2c(C)nn(C)c2C)s1. The van der Waals surface area contributed by atoms with Gasteiger partial charge in [-0.15, -0.1) is 10.2 Å². The van der Waals surface area contributed by atoms with Crippen molar-refractivity contribution in [3.63, 3.8) is 0 Å². The molecule has 0 radical (unpaired) electrons. The highest BCUT2D eigenvalue weighted by atomic mass is 32.2. The molecule has 1 atom stereocenters. The van der Waals surface area contributed by atoms with Crippen LogP contribution in [0.2, 0.25) is 0 Å². The zero-order valence-corrected chi connectivity index (χ0v) is 15.6. The van der Waals surface area contributed by atoms with Crippen molar-refractivity contribution in [2.24, 2.45) is 7.05 Å². The number of thioether (sulfide) groups is 1. The van der Waals surface area contributed by atoms with E-state index in [9.17, 15) is 4.79 Å².